The highest BCUT2D eigenvalue weighted by molar-refractivity contribution is 9.10. The number of thiazole rings is 1. The highest BCUT2D eigenvalue weighted by Crippen LogP contribution is 2.29. The van der Waals surface area contributed by atoms with E-state index < -0.39 is 0 Å². The number of nitrogens with zero attached hydrogens (tertiary/aromatic N) is 1. The Morgan fingerprint density at radius 3 is 3.05 bits per heavy atom. The van der Waals surface area contributed by atoms with E-state index in [-0.39, 0.29) is 10.7 Å². The number of halogens is 1. The summed E-state index contributed by atoms with van der Waals surface area (Å²) < 4.78 is 6.18. The molecule has 4 nitrogen and oxygen atoms in total. The molecule has 0 aliphatic rings. The highest BCUT2D eigenvalue weighted by Gasteiger charge is 2.16. The Bertz CT molecular complexity index is 600. The third-order valence-corrected chi connectivity index (χ3v) is 4.73. The van der Waals surface area contributed by atoms with Crippen molar-refractivity contribution >= 4 is 48.5 Å². The fourth-order valence-corrected chi connectivity index (χ4v) is 3.12. The van der Waals surface area contributed by atoms with Gasteiger partial charge in [-0.1, -0.05) is 47.0 Å². The van der Waals surface area contributed by atoms with Gasteiger partial charge in [-0.2, -0.15) is 0 Å². The second kappa shape index (κ2) is 7.04. The van der Waals surface area contributed by atoms with E-state index in [0.717, 1.165) is 35.2 Å². The number of carbonyl (C=O) groups is 1. The van der Waals surface area contributed by atoms with E-state index in [1.165, 1.54) is 11.3 Å². The lowest BCUT2D eigenvalue weighted by Crippen LogP contribution is -2.22. The lowest BCUT2D eigenvalue weighted by molar-refractivity contribution is -0.115. The maximum absolute atomic E-state index is 12.0. The van der Waals surface area contributed by atoms with E-state index >= 15 is 0 Å². The van der Waals surface area contributed by atoms with Gasteiger partial charge >= 0.3 is 0 Å². The van der Waals surface area contributed by atoms with Gasteiger partial charge in [0.1, 0.15) is 5.75 Å². The molecule has 0 saturated carbocycles. The first-order chi connectivity index (χ1) is 9.63. The number of aromatic nitrogens is 1. The van der Waals surface area contributed by atoms with Crippen LogP contribution in [-0.2, 0) is 4.79 Å². The van der Waals surface area contributed by atoms with Crippen LogP contribution in [0, 0.1) is 0 Å². The van der Waals surface area contributed by atoms with Crippen LogP contribution in [0.3, 0.4) is 0 Å². The average molecular weight is 357 g/mol. The predicted molar refractivity (Wildman–Crippen MR) is 87.0 cm³/mol. The number of alkyl halides is 1. The zero-order valence-corrected chi connectivity index (χ0v) is 13.9. The first-order valence-corrected chi connectivity index (χ1v) is 8.26. The molecule has 0 spiro atoms. The lowest BCUT2D eigenvalue weighted by Gasteiger charge is -2.07. The number of anilines is 1. The van der Waals surface area contributed by atoms with E-state index in [1.807, 2.05) is 18.2 Å². The Kier molecular flexibility index (Phi) is 5.37. The number of nitrogens with one attached hydrogen (secondary N) is 1. The number of rotatable bonds is 6. The minimum absolute atomic E-state index is 0.0375. The zero-order valence-electron chi connectivity index (χ0n) is 11.5. The second-order valence-corrected chi connectivity index (χ2v) is 6.59. The summed E-state index contributed by atoms with van der Waals surface area (Å²) >= 11 is 4.87. The number of benzene rings is 1. The predicted octanol–water partition coefficient (Wildman–Crippen LogP) is 4.20. The molecule has 2 aromatic rings. The Balaban J connectivity index is 2.07. The van der Waals surface area contributed by atoms with Crippen LogP contribution in [0.2, 0.25) is 0 Å². The Hall–Kier alpha value is -1.14. The van der Waals surface area contributed by atoms with Crippen LogP contribution in [0.25, 0.3) is 10.2 Å². The van der Waals surface area contributed by atoms with Gasteiger partial charge in [-0.25, -0.2) is 4.98 Å². The molecule has 0 aliphatic heterocycles. The molecular formula is C14H17BrN2O2S. The van der Waals surface area contributed by atoms with Crippen molar-refractivity contribution in [2.75, 3.05) is 12.4 Å². The van der Waals surface area contributed by atoms with Crippen molar-refractivity contribution < 1.29 is 9.53 Å². The van der Waals surface area contributed by atoms with Gasteiger partial charge in [-0.15, -0.1) is 0 Å². The van der Waals surface area contributed by atoms with Gasteiger partial charge in [-0.05, 0) is 24.6 Å². The van der Waals surface area contributed by atoms with E-state index in [9.17, 15) is 4.79 Å². The van der Waals surface area contributed by atoms with Gasteiger partial charge in [-0.3, -0.25) is 4.79 Å². The molecule has 1 aromatic heterocycles. The topological polar surface area (TPSA) is 51.2 Å². The molecule has 1 aromatic carbocycles. The Morgan fingerprint density at radius 1 is 1.55 bits per heavy atom. The number of fused-ring (bicyclic) bond motifs is 1. The lowest BCUT2D eigenvalue weighted by atomic mass is 10.2. The molecule has 0 unspecified atom stereocenters. The van der Waals surface area contributed by atoms with E-state index in [0.29, 0.717) is 5.13 Å². The molecule has 2 rings (SSSR count). The summed E-state index contributed by atoms with van der Waals surface area (Å²) in [5, 5.41) is 3.48. The molecule has 1 N–H and O–H groups in total. The summed E-state index contributed by atoms with van der Waals surface area (Å²) in [6, 6.07) is 5.68. The Labute approximate surface area is 130 Å². The van der Waals surface area contributed by atoms with Gasteiger partial charge in [0.05, 0.1) is 22.2 Å². The van der Waals surface area contributed by atoms with Gasteiger partial charge in [0.2, 0.25) is 5.91 Å². The number of carbonyl (C=O) groups excluding carboxylic acids is 1. The zero-order chi connectivity index (χ0) is 14.5. The summed E-state index contributed by atoms with van der Waals surface area (Å²) in [6.45, 7) is 2.11. The summed E-state index contributed by atoms with van der Waals surface area (Å²) in [5.74, 6) is 0.754. The molecular weight excluding hydrogens is 340 g/mol. The summed E-state index contributed by atoms with van der Waals surface area (Å²) in [7, 11) is 1.63. The quantitative estimate of drug-likeness (QED) is 0.789. The van der Waals surface area contributed by atoms with Crippen molar-refractivity contribution in [2.24, 2.45) is 0 Å². The molecule has 0 fully saturated rings. The van der Waals surface area contributed by atoms with Crippen molar-refractivity contribution in [2.45, 2.75) is 31.0 Å². The third kappa shape index (κ3) is 3.70. The molecule has 6 heteroatoms. The molecule has 0 saturated heterocycles. The second-order valence-electron chi connectivity index (χ2n) is 4.45. The van der Waals surface area contributed by atoms with Crippen molar-refractivity contribution in [1.82, 2.24) is 4.98 Å². The van der Waals surface area contributed by atoms with Crippen LogP contribution in [0.1, 0.15) is 26.2 Å². The molecule has 1 amide bonds. The standard InChI is InChI=1S/C14H17BrN2O2S/c1-3-4-5-10(15)13(18)17-14-16-11-7-6-9(19-2)8-12(11)20-14/h6-8,10H,3-5H2,1-2H3,(H,16,17,18)/t10-/m1/s1. The van der Waals surface area contributed by atoms with Gasteiger partial charge < -0.3 is 10.1 Å². The summed E-state index contributed by atoms with van der Waals surface area (Å²) in [6.07, 6.45) is 2.94. The number of amides is 1. The van der Waals surface area contributed by atoms with Crippen LogP contribution in [-0.4, -0.2) is 22.8 Å². The summed E-state index contributed by atoms with van der Waals surface area (Å²) in [4.78, 5) is 16.2. The summed E-state index contributed by atoms with van der Waals surface area (Å²) in [5.41, 5.74) is 0.866. The third-order valence-electron chi connectivity index (χ3n) is 2.92. The smallest absolute Gasteiger partial charge is 0.239 e. The fraction of sp³-hybridized carbons (Fsp3) is 0.429. The van der Waals surface area contributed by atoms with Crippen molar-refractivity contribution in [1.29, 1.82) is 0 Å². The molecule has 0 radical (unpaired) electrons. The Morgan fingerprint density at radius 2 is 2.35 bits per heavy atom. The van der Waals surface area contributed by atoms with Crippen LogP contribution in [0.4, 0.5) is 5.13 Å². The van der Waals surface area contributed by atoms with Crippen LogP contribution in [0.5, 0.6) is 5.75 Å². The molecule has 108 valence electrons. The van der Waals surface area contributed by atoms with Crippen molar-refractivity contribution in [3.63, 3.8) is 0 Å². The van der Waals surface area contributed by atoms with Crippen molar-refractivity contribution in [3.05, 3.63) is 18.2 Å². The molecule has 20 heavy (non-hydrogen) atoms. The van der Waals surface area contributed by atoms with Crippen LogP contribution < -0.4 is 10.1 Å². The monoisotopic (exact) mass is 356 g/mol. The molecule has 0 bridgehead atoms. The highest BCUT2D eigenvalue weighted by atomic mass is 79.9. The van der Waals surface area contributed by atoms with Crippen LogP contribution in [0.15, 0.2) is 18.2 Å². The number of unbranched alkanes of at least 4 members (excludes halogenated alkanes) is 1. The average Bonchev–Trinajstić information content (AvgIpc) is 2.85. The first kappa shape index (κ1) is 15.3. The minimum Gasteiger partial charge on any atom is -0.497 e. The minimum atomic E-state index is -0.163. The van der Waals surface area contributed by atoms with E-state index in [2.05, 4.69) is 33.2 Å². The maximum atomic E-state index is 12.0. The molecule has 1 atom stereocenters. The molecule has 0 aliphatic carbocycles. The van der Waals surface area contributed by atoms with Gasteiger partial charge in [0.25, 0.3) is 0 Å². The number of ether oxygens (including phenoxy) is 1. The van der Waals surface area contributed by atoms with Gasteiger partial charge in [0, 0.05) is 0 Å². The number of hydrogen-bond donors (Lipinski definition) is 1. The van der Waals surface area contributed by atoms with E-state index in [4.69, 9.17) is 4.74 Å². The maximum Gasteiger partial charge on any atom is 0.239 e. The SMILES string of the molecule is CCCC[C@@H](Br)C(=O)Nc1nc2ccc(OC)cc2s1. The number of hydrogen-bond acceptors (Lipinski definition) is 4. The normalized spacial score (nSPS) is 12.3. The van der Waals surface area contributed by atoms with Crippen LogP contribution >= 0.6 is 27.3 Å². The molecule has 1 heterocycles. The van der Waals surface area contributed by atoms with E-state index in [1.54, 1.807) is 7.11 Å². The van der Waals surface area contributed by atoms with Gasteiger partial charge in [0.15, 0.2) is 5.13 Å². The first-order valence-electron chi connectivity index (χ1n) is 6.53. The fourth-order valence-electron chi connectivity index (χ4n) is 1.78. The number of methoxy groups -OCH3 is 1. The van der Waals surface area contributed by atoms with Crippen molar-refractivity contribution in [3.8, 4) is 5.75 Å². The largest absolute Gasteiger partial charge is 0.497 e.